The van der Waals surface area contributed by atoms with Crippen LogP contribution in [0.3, 0.4) is 0 Å². The summed E-state index contributed by atoms with van der Waals surface area (Å²) < 4.78 is 10.8. The summed E-state index contributed by atoms with van der Waals surface area (Å²) in [6.45, 7) is 6.33. The van der Waals surface area contributed by atoms with Crippen molar-refractivity contribution < 1.29 is 19.1 Å². The van der Waals surface area contributed by atoms with E-state index in [1.807, 2.05) is 78.9 Å². The van der Waals surface area contributed by atoms with Gasteiger partial charge in [-0.2, -0.15) is 0 Å². The van der Waals surface area contributed by atoms with Crippen LogP contribution in [0, 0.1) is 0 Å². The lowest BCUT2D eigenvalue weighted by atomic mass is 10.1. The number of benzene rings is 4. The van der Waals surface area contributed by atoms with Crippen molar-refractivity contribution in [1.29, 1.82) is 0 Å². The molecule has 4 aromatic carbocycles. The molecule has 7 rings (SSSR count). The standard InChI is InChI=1S/C35H34N6O4/c42-34(36-27-7-12-30(13-8-27)41-17-21-45-22-18-41)25-3-1-24(2-4-25)33-38-31-14-9-28(23-32(31)39-33)37-35(43)26-5-10-29(11-6-26)40-15-19-44-20-16-40/h1-14,23H,15-22H2,(H,36,42)(H,37,43)(H,38,39). The Balaban J connectivity index is 0.978. The first-order chi connectivity index (χ1) is 22.1. The Kier molecular flexibility index (Phi) is 8.13. The van der Waals surface area contributed by atoms with Gasteiger partial charge in [0, 0.05) is 65.6 Å². The van der Waals surface area contributed by atoms with Crippen molar-refractivity contribution in [1.82, 2.24) is 9.97 Å². The van der Waals surface area contributed by atoms with Crippen LogP contribution in [0.1, 0.15) is 20.7 Å². The highest BCUT2D eigenvalue weighted by molar-refractivity contribution is 6.05. The molecule has 2 aliphatic heterocycles. The fourth-order valence-corrected chi connectivity index (χ4v) is 5.63. The molecule has 0 aliphatic carbocycles. The molecule has 2 amide bonds. The Bertz CT molecular complexity index is 1790. The molecule has 5 aromatic rings. The topological polar surface area (TPSA) is 112 Å². The van der Waals surface area contributed by atoms with E-state index in [4.69, 9.17) is 14.5 Å². The van der Waals surface area contributed by atoms with Crippen LogP contribution in [0.15, 0.2) is 91.0 Å². The number of hydrogen-bond acceptors (Lipinski definition) is 7. The third kappa shape index (κ3) is 6.52. The van der Waals surface area contributed by atoms with Gasteiger partial charge in [0.05, 0.1) is 37.5 Å². The molecule has 0 saturated carbocycles. The van der Waals surface area contributed by atoms with E-state index in [9.17, 15) is 9.59 Å². The van der Waals surface area contributed by atoms with E-state index >= 15 is 0 Å². The molecular weight excluding hydrogens is 568 g/mol. The fraction of sp³-hybridized carbons (Fsp3) is 0.229. The zero-order valence-electron chi connectivity index (χ0n) is 24.8. The van der Waals surface area contributed by atoms with Crippen molar-refractivity contribution in [2.24, 2.45) is 0 Å². The molecule has 0 bridgehead atoms. The highest BCUT2D eigenvalue weighted by atomic mass is 16.5. The third-order valence-corrected chi connectivity index (χ3v) is 8.17. The highest BCUT2D eigenvalue weighted by Crippen LogP contribution is 2.25. The Morgan fingerprint density at radius 3 is 1.69 bits per heavy atom. The number of morpholine rings is 2. The normalized spacial score (nSPS) is 15.2. The van der Waals surface area contributed by atoms with Crippen LogP contribution in [-0.4, -0.2) is 74.4 Å². The number of hydrogen-bond donors (Lipinski definition) is 3. The second-order valence-corrected chi connectivity index (χ2v) is 11.1. The minimum absolute atomic E-state index is 0.176. The molecule has 2 fully saturated rings. The molecule has 2 aliphatic rings. The Morgan fingerprint density at radius 1 is 0.622 bits per heavy atom. The van der Waals surface area contributed by atoms with E-state index < -0.39 is 0 Å². The molecule has 3 N–H and O–H groups in total. The van der Waals surface area contributed by atoms with Crippen LogP contribution < -0.4 is 20.4 Å². The quantitative estimate of drug-likeness (QED) is 0.229. The third-order valence-electron chi connectivity index (χ3n) is 8.17. The number of H-pyrrole nitrogens is 1. The number of nitrogens with zero attached hydrogens (tertiary/aromatic N) is 3. The summed E-state index contributed by atoms with van der Waals surface area (Å²) in [5, 5.41) is 5.96. The summed E-state index contributed by atoms with van der Waals surface area (Å²) >= 11 is 0. The number of aromatic amines is 1. The monoisotopic (exact) mass is 602 g/mol. The number of amides is 2. The minimum Gasteiger partial charge on any atom is -0.378 e. The first kappa shape index (κ1) is 28.6. The molecule has 45 heavy (non-hydrogen) atoms. The van der Waals surface area contributed by atoms with E-state index in [1.54, 1.807) is 12.1 Å². The van der Waals surface area contributed by atoms with Crippen molar-refractivity contribution in [3.05, 3.63) is 102 Å². The number of anilines is 4. The second-order valence-electron chi connectivity index (χ2n) is 11.1. The first-order valence-corrected chi connectivity index (χ1v) is 15.2. The number of imidazole rings is 1. The van der Waals surface area contributed by atoms with Gasteiger partial charge in [-0.05, 0) is 78.9 Å². The van der Waals surface area contributed by atoms with Gasteiger partial charge in [-0.25, -0.2) is 4.98 Å². The van der Waals surface area contributed by atoms with Gasteiger partial charge >= 0.3 is 0 Å². The molecule has 0 radical (unpaired) electrons. The van der Waals surface area contributed by atoms with Crippen molar-refractivity contribution in [2.75, 3.05) is 73.0 Å². The lowest BCUT2D eigenvalue weighted by Gasteiger charge is -2.28. The van der Waals surface area contributed by atoms with E-state index in [0.29, 0.717) is 35.9 Å². The largest absolute Gasteiger partial charge is 0.378 e. The molecule has 10 heteroatoms. The number of fused-ring (bicyclic) bond motifs is 1. The number of aromatic nitrogens is 2. The minimum atomic E-state index is -0.179. The summed E-state index contributed by atoms with van der Waals surface area (Å²) in [5.74, 6) is 0.323. The highest BCUT2D eigenvalue weighted by Gasteiger charge is 2.15. The van der Waals surface area contributed by atoms with Gasteiger partial charge in [0.15, 0.2) is 0 Å². The van der Waals surface area contributed by atoms with Crippen LogP contribution in [0.4, 0.5) is 22.7 Å². The number of nitrogens with one attached hydrogen (secondary N) is 3. The maximum Gasteiger partial charge on any atom is 0.255 e. The maximum atomic E-state index is 12.9. The van der Waals surface area contributed by atoms with Crippen molar-refractivity contribution in [3.8, 4) is 11.4 Å². The molecular formula is C35H34N6O4. The Hall–Kier alpha value is -5.19. The molecule has 0 atom stereocenters. The summed E-state index contributed by atoms with van der Waals surface area (Å²) in [7, 11) is 0. The summed E-state index contributed by atoms with van der Waals surface area (Å²) in [6, 6.07) is 28.4. The van der Waals surface area contributed by atoms with Crippen molar-refractivity contribution in [3.63, 3.8) is 0 Å². The summed E-state index contributed by atoms with van der Waals surface area (Å²) in [6.07, 6.45) is 0. The van der Waals surface area contributed by atoms with Crippen LogP contribution in [0.25, 0.3) is 22.4 Å². The van der Waals surface area contributed by atoms with Crippen LogP contribution in [0.2, 0.25) is 0 Å². The average molecular weight is 603 g/mol. The lowest BCUT2D eigenvalue weighted by molar-refractivity contribution is 0.101. The smallest absolute Gasteiger partial charge is 0.255 e. The van der Waals surface area contributed by atoms with Crippen molar-refractivity contribution in [2.45, 2.75) is 0 Å². The maximum absolute atomic E-state index is 12.9. The van der Waals surface area contributed by atoms with Crippen LogP contribution in [0.5, 0.6) is 0 Å². The van der Waals surface area contributed by atoms with Gasteiger partial charge in [-0.15, -0.1) is 0 Å². The summed E-state index contributed by atoms with van der Waals surface area (Å²) in [5.41, 5.74) is 7.19. The lowest BCUT2D eigenvalue weighted by Crippen LogP contribution is -2.36. The number of ether oxygens (including phenoxy) is 2. The number of carbonyl (C=O) groups is 2. The molecule has 1 aromatic heterocycles. The molecule has 10 nitrogen and oxygen atoms in total. The Labute approximate surface area is 261 Å². The van der Waals surface area contributed by atoms with Gasteiger partial charge in [0.1, 0.15) is 5.82 Å². The molecule has 2 saturated heterocycles. The fourth-order valence-electron chi connectivity index (χ4n) is 5.63. The Morgan fingerprint density at radius 2 is 1.11 bits per heavy atom. The molecule has 0 unspecified atom stereocenters. The zero-order chi connectivity index (χ0) is 30.6. The van der Waals surface area contributed by atoms with E-state index in [1.165, 1.54) is 0 Å². The average Bonchev–Trinajstić information content (AvgIpc) is 3.53. The molecule has 0 spiro atoms. The first-order valence-electron chi connectivity index (χ1n) is 15.2. The molecule has 228 valence electrons. The van der Waals surface area contributed by atoms with Crippen LogP contribution >= 0.6 is 0 Å². The molecule has 3 heterocycles. The van der Waals surface area contributed by atoms with E-state index in [-0.39, 0.29) is 11.8 Å². The van der Waals surface area contributed by atoms with Gasteiger partial charge in [-0.1, -0.05) is 12.1 Å². The predicted octanol–water partition coefficient (Wildman–Crippen LogP) is 5.41. The van der Waals surface area contributed by atoms with Gasteiger partial charge in [0.2, 0.25) is 0 Å². The van der Waals surface area contributed by atoms with E-state index in [0.717, 1.165) is 73.1 Å². The SMILES string of the molecule is O=C(Nc1ccc(N2CCOCC2)cc1)c1ccc(-c2nc3ccc(NC(=O)c4ccc(N5CCOCC5)cc4)cc3[nH]2)cc1. The van der Waals surface area contributed by atoms with Crippen LogP contribution in [-0.2, 0) is 9.47 Å². The number of rotatable bonds is 7. The number of carbonyl (C=O) groups excluding carboxylic acids is 2. The second kappa shape index (κ2) is 12.8. The van der Waals surface area contributed by atoms with Gasteiger partial charge in [0.25, 0.3) is 11.8 Å². The van der Waals surface area contributed by atoms with Gasteiger partial charge < -0.3 is 34.9 Å². The van der Waals surface area contributed by atoms with Crippen molar-refractivity contribution >= 4 is 45.6 Å². The van der Waals surface area contributed by atoms with Gasteiger partial charge in [-0.3, -0.25) is 9.59 Å². The van der Waals surface area contributed by atoms with E-state index in [2.05, 4.69) is 25.4 Å². The zero-order valence-corrected chi connectivity index (χ0v) is 24.8. The predicted molar refractivity (Wildman–Crippen MR) is 176 cm³/mol. The summed E-state index contributed by atoms with van der Waals surface area (Å²) in [4.78, 5) is 38.4.